The molecule has 2 aliphatic rings. The molecule has 2 aromatic rings. The van der Waals surface area contributed by atoms with Gasteiger partial charge in [0.05, 0.1) is 24.2 Å². The van der Waals surface area contributed by atoms with E-state index in [1.807, 2.05) is 17.0 Å². The van der Waals surface area contributed by atoms with E-state index in [0.29, 0.717) is 70.6 Å². The van der Waals surface area contributed by atoms with Crippen molar-refractivity contribution in [1.29, 1.82) is 5.26 Å². The lowest BCUT2D eigenvalue weighted by atomic mass is 9.97. The molecule has 12 heteroatoms. The number of hydrogen-bond donors (Lipinski definition) is 2. The zero-order valence-corrected chi connectivity index (χ0v) is 21.1. The first-order valence-corrected chi connectivity index (χ1v) is 12.8. The predicted octanol–water partition coefficient (Wildman–Crippen LogP) is 2.06. The molecule has 38 heavy (non-hydrogen) atoms. The van der Waals surface area contributed by atoms with Gasteiger partial charge in [-0.1, -0.05) is 12.1 Å². The van der Waals surface area contributed by atoms with Gasteiger partial charge in [-0.25, -0.2) is 9.97 Å². The van der Waals surface area contributed by atoms with Crippen LogP contribution in [0.2, 0.25) is 0 Å². The molecule has 1 amide bonds. The average molecular weight is 532 g/mol. The van der Waals surface area contributed by atoms with E-state index in [4.69, 9.17) is 10.4 Å². The number of β-amino-alcohol motifs (C(OH)–C–C–N with tert-alkyl or cyclic N) is 1. The highest BCUT2D eigenvalue weighted by atomic mass is 19.4. The van der Waals surface area contributed by atoms with Gasteiger partial charge in [-0.2, -0.15) is 18.4 Å². The summed E-state index contributed by atoms with van der Waals surface area (Å²) in [6, 6.07) is 10.8. The zero-order valence-electron chi connectivity index (χ0n) is 21.1. The van der Waals surface area contributed by atoms with Crippen LogP contribution in [-0.4, -0.2) is 84.8 Å². The number of carbonyl (C=O) groups is 1. The molecule has 0 bridgehead atoms. The zero-order chi connectivity index (χ0) is 27.1. The van der Waals surface area contributed by atoms with Crippen molar-refractivity contribution < 1.29 is 23.1 Å². The highest BCUT2D eigenvalue weighted by Crippen LogP contribution is 2.32. The number of benzene rings is 1. The largest absolute Gasteiger partial charge is 0.451 e. The Morgan fingerprint density at radius 1 is 1.08 bits per heavy atom. The van der Waals surface area contributed by atoms with Gasteiger partial charge < -0.3 is 20.2 Å². The predicted molar refractivity (Wildman–Crippen MR) is 136 cm³/mol. The second kappa shape index (κ2) is 12.4. The standard InChI is InChI=1S/C26H32F3N7O2/c27-26(28,29)25-32-22(35-12-10-34(11-13-35)14-15-37)16-23(33-25)36-9-1-2-21(18-36)24(38)31-8-7-19-3-5-20(17-30)6-4-19/h3-6,16,21,37H,1-2,7-15,18H2,(H,31,38). The maximum Gasteiger partial charge on any atom is 0.451 e. The SMILES string of the molecule is N#Cc1ccc(CCNC(=O)C2CCCN(c3cc(N4CCN(CCO)CC4)nc(C(F)(F)F)n3)C2)cc1. The summed E-state index contributed by atoms with van der Waals surface area (Å²) in [5, 5.41) is 21.0. The summed E-state index contributed by atoms with van der Waals surface area (Å²) in [5.74, 6) is -1.28. The van der Waals surface area contributed by atoms with Gasteiger partial charge in [0.15, 0.2) is 0 Å². The summed E-state index contributed by atoms with van der Waals surface area (Å²) in [4.78, 5) is 26.1. The third kappa shape index (κ3) is 7.11. The van der Waals surface area contributed by atoms with Crippen LogP contribution in [0.3, 0.4) is 0 Å². The molecule has 4 rings (SSSR count). The summed E-state index contributed by atoms with van der Waals surface area (Å²) < 4.78 is 41.1. The lowest BCUT2D eigenvalue weighted by Gasteiger charge is -2.36. The summed E-state index contributed by atoms with van der Waals surface area (Å²) in [6.45, 7) is 4.02. The summed E-state index contributed by atoms with van der Waals surface area (Å²) in [7, 11) is 0. The quantitative estimate of drug-likeness (QED) is 0.533. The van der Waals surface area contributed by atoms with Gasteiger partial charge in [0, 0.05) is 58.4 Å². The van der Waals surface area contributed by atoms with Crippen molar-refractivity contribution in [2.24, 2.45) is 5.92 Å². The lowest BCUT2D eigenvalue weighted by Crippen LogP contribution is -2.48. The van der Waals surface area contributed by atoms with Crippen molar-refractivity contribution in [3.8, 4) is 6.07 Å². The number of halogens is 3. The van der Waals surface area contributed by atoms with E-state index in [2.05, 4.69) is 26.3 Å². The first-order chi connectivity index (χ1) is 18.3. The normalized spacial score (nSPS) is 18.8. The molecule has 9 nitrogen and oxygen atoms in total. The minimum Gasteiger partial charge on any atom is -0.395 e. The molecule has 0 aliphatic carbocycles. The first kappa shape index (κ1) is 27.6. The average Bonchev–Trinajstić information content (AvgIpc) is 2.93. The Bertz CT molecular complexity index is 1130. The van der Waals surface area contributed by atoms with Crippen LogP contribution in [0.5, 0.6) is 0 Å². The van der Waals surface area contributed by atoms with Crippen molar-refractivity contribution in [1.82, 2.24) is 20.2 Å². The Kier molecular flexibility index (Phi) is 9.01. The monoisotopic (exact) mass is 531 g/mol. The smallest absolute Gasteiger partial charge is 0.395 e. The van der Waals surface area contributed by atoms with Gasteiger partial charge in [0.2, 0.25) is 11.7 Å². The molecule has 2 N–H and O–H groups in total. The van der Waals surface area contributed by atoms with E-state index in [0.717, 1.165) is 5.56 Å². The molecule has 3 heterocycles. The molecule has 1 aromatic carbocycles. The number of nitrogens with zero attached hydrogens (tertiary/aromatic N) is 6. The third-order valence-electron chi connectivity index (χ3n) is 6.98. The van der Waals surface area contributed by atoms with Gasteiger partial charge in [0.25, 0.3) is 0 Å². The molecule has 2 fully saturated rings. The number of amides is 1. The highest BCUT2D eigenvalue weighted by molar-refractivity contribution is 5.79. The van der Waals surface area contributed by atoms with Crippen LogP contribution in [0.1, 0.15) is 29.8 Å². The molecule has 0 radical (unpaired) electrons. The Hall–Kier alpha value is -3.43. The van der Waals surface area contributed by atoms with Crippen LogP contribution in [0, 0.1) is 17.2 Å². The third-order valence-corrected chi connectivity index (χ3v) is 6.98. The topological polar surface area (TPSA) is 109 Å². The van der Waals surface area contributed by atoms with Crippen LogP contribution >= 0.6 is 0 Å². The number of aliphatic hydroxyl groups excluding tert-OH is 1. The van der Waals surface area contributed by atoms with E-state index in [9.17, 15) is 18.0 Å². The van der Waals surface area contributed by atoms with Gasteiger partial charge in [-0.05, 0) is 37.0 Å². The number of piperidine rings is 1. The number of rotatable bonds is 8. The van der Waals surface area contributed by atoms with Crippen LogP contribution in [-0.2, 0) is 17.4 Å². The fourth-order valence-corrected chi connectivity index (χ4v) is 4.83. The van der Waals surface area contributed by atoms with Crippen LogP contribution in [0.25, 0.3) is 0 Å². The Morgan fingerprint density at radius 3 is 2.39 bits per heavy atom. The molecule has 1 aromatic heterocycles. The Labute approximate surface area is 219 Å². The molecule has 0 spiro atoms. The molecule has 1 atom stereocenters. The Balaban J connectivity index is 1.41. The number of nitriles is 1. The van der Waals surface area contributed by atoms with E-state index < -0.39 is 12.0 Å². The molecule has 0 saturated carbocycles. The number of aromatic nitrogens is 2. The molecule has 2 aliphatic heterocycles. The maximum atomic E-state index is 13.7. The number of alkyl halides is 3. The summed E-state index contributed by atoms with van der Waals surface area (Å²) in [5.41, 5.74) is 1.57. The fourth-order valence-electron chi connectivity index (χ4n) is 4.83. The number of piperazine rings is 1. The number of hydrogen-bond acceptors (Lipinski definition) is 8. The first-order valence-electron chi connectivity index (χ1n) is 12.8. The van der Waals surface area contributed by atoms with Crippen LogP contribution in [0.15, 0.2) is 30.3 Å². The van der Waals surface area contributed by atoms with Gasteiger partial charge >= 0.3 is 6.18 Å². The molecule has 204 valence electrons. The van der Waals surface area contributed by atoms with E-state index in [1.165, 1.54) is 0 Å². The molecule has 1 unspecified atom stereocenters. The summed E-state index contributed by atoms with van der Waals surface area (Å²) in [6.07, 6.45) is -2.77. The number of nitrogens with one attached hydrogen (secondary N) is 1. The van der Waals surface area contributed by atoms with Crippen molar-refractivity contribution >= 4 is 17.5 Å². The highest BCUT2D eigenvalue weighted by Gasteiger charge is 2.37. The van der Waals surface area contributed by atoms with Crippen molar-refractivity contribution in [2.45, 2.75) is 25.4 Å². The van der Waals surface area contributed by atoms with E-state index in [1.54, 1.807) is 23.1 Å². The van der Waals surface area contributed by atoms with E-state index in [-0.39, 0.29) is 36.6 Å². The molecular formula is C26H32F3N7O2. The fraction of sp³-hybridized carbons (Fsp3) is 0.538. The minimum atomic E-state index is -4.69. The molecule has 2 saturated heterocycles. The van der Waals surface area contributed by atoms with Crippen molar-refractivity contribution in [2.75, 3.05) is 68.8 Å². The van der Waals surface area contributed by atoms with Crippen molar-refractivity contribution in [3.05, 3.63) is 47.3 Å². The van der Waals surface area contributed by atoms with Crippen LogP contribution < -0.4 is 15.1 Å². The summed E-state index contributed by atoms with van der Waals surface area (Å²) >= 11 is 0. The minimum absolute atomic E-state index is 0.0367. The second-order valence-corrected chi connectivity index (χ2v) is 9.59. The van der Waals surface area contributed by atoms with E-state index >= 15 is 0 Å². The number of aliphatic hydroxyl groups is 1. The van der Waals surface area contributed by atoms with Gasteiger partial charge in [-0.3, -0.25) is 9.69 Å². The Morgan fingerprint density at radius 2 is 1.76 bits per heavy atom. The van der Waals surface area contributed by atoms with Gasteiger partial charge in [0.1, 0.15) is 11.6 Å². The molecular weight excluding hydrogens is 499 g/mol. The maximum absolute atomic E-state index is 13.7. The second-order valence-electron chi connectivity index (χ2n) is 9.59. The number of carbonyl (C=O) groups excluding carboxylic acids is 1. The van der Waals surface area contributed by atoms with Gasteiger partial charge in [-0.15, -0.1) is 0 Å². The lowest BCUT2D eigenvalue weighted by molar-refractivity contribution is -0.144. The van der Waals surface area contributed by atoms with Crippen LogP contribution in [0.4, 0.5) is 24.8 Å². The number of anilines is 2. The van der Waals surface area contributed by atoms with Crippen molar-refractivity contribution in [3.63, 3.8) is 0 Å².